The maximum atomic E-state index is 2.36. The minimum absolute atomic E-state index is 1.17. The summed E-state index contributed by atoms with van der Waals surface area (Å²) in [4.78, 5) is 0. The molecule has 1 aromatic heterocycles. The average molecular weight is 345 g/mol. The standard InChI is InChI=1S/C26H19N/c1-3-11-21(12-4-1)25-18-19-26(27(25)22-14-5-2-6-15-22)24-17-9-13-20-10-7-8-16-23(20)24/h1-19H. The number of nitrogens with zero attached hydrogens (tertiary/aromatic N) is 1. The third kappa shape index (κ3) is 2.74. The molecule has 1 heterocycles. The second kappa shape index (κ2) is 6.62. The molecule has 0 aliphatic heterocycles. The van der Waals surface area contributed by atoms with Gasteiger partial charge in [-0.15, -0.1) is 0 Å². The largest absolute Gasteiger partial charge is 0.309 e. The first kappa shape index (κ1) is 15.7. The number of benzene rings is 4. The van der Waals surface area contributed by atoms with E-state index >= 15 is 0 Å². The van der Waals surface area contributed by atoms with Gasteiger partial charge >= 0.3 is 0 Å². The van der Waals surface area contributed by atoms with Crippen molar-refractivity contribution in [2.75, 3.05) is 0 Å². The summed E-state index contributed by atoms with van der Waals surface area (Å²) in [7, 11) is 0. The van der Waals surface area contributed by atoms with Crippen LogP contribution in [0.2, 0.25) is 0 Å². The van der Waals surface area contributed by atoms with Crippen LogP contribution in [-0.2, 0) is 0 Å². The van der Waals surface area contributed by atoms with Gasteiger partial charge in [-0.2, -0.15) is 0 Å². The molecule has 128 valence electrons. The van der Waals surface area contributed by atoms with Crippen LogP contribution in [0.4, 0.5) is 0 Å². The molecule has 0 spiro atoms. The number of fused-ring (bicyclic) bond motifs is 1. The Morgan fingerprint density at radius 1 is 0.444 bits per heavy atom. The highest BCUT2D eigenvalue weighted by atomic mass is 15.0. The number of hydrogen-bond donors (Lipinski definition) is 0. The van der Waals surface area contributed by atoms with Gasteiger partial charge in [0.2, 0.25) is 0 Å². The molecule has 27 heavy (non-hydrogen) atoms. The SMILES string of the molecule is c1ccc(-c2ccc(-c3cccc4ccccc34)n2-c2ccccc2)cc1. The summed E-state index contributed by atoms with van der Waals surface area (Å²) in [5, 5.41) is 2.53. The summed E-state index contributed by atoms with van der Waals surface area (Å²) in [5.41, 5.74) is 6.04. The molecule has 0 fully saturated rings. The van der Waals surface area contributed by atoms with Gasteiger partial charge in [0.05, 0.1) is 11.4 Å². The fourth-order valence-electron chi connectivity index (χ4n) is 3.79. The van der Waals surface area contributed by atoms with E-state index in [1.54, 1.807) is 0 Å². The van der Waals surface area contributed by atoms with Crippen molar-refractivity contribution >= 4 is 10.8 Å². The minimum atomic E-state index is 1.17. The molecule has 0 aliphatic rings. The first-order valence-electron chi connectivity index (χ1n) is 9.22. The third-order valence-electron chi connectivity index (χ3n) is 5.03. The Balaban J connectivity index is 1.82. The summed E-state index contributed by atoms with van der Waals surface area (Å²) < 4.78 is 2.36. The van der Waals surface area contributed by atoms with E-state index in [1.807, 2.05) is 0 Å². The zero-order valence-corrected chi connectivity index (χ0v) is 14.9. The monoisotopic (exact) mass is 345 g/mol. The summed E-state index contributed by atoms with van der Waals surface area (Å²) in [6.45, 7) is 0. The molecular weight excluding hydrogens is 326 g/mol. The maximum Gasteiger partial charge on any atom is 0.0541 e. The van der Waals surface area contributed by atoms with Crippen molar-refractivity contribution in [2.24, 2.45) is 0 Å². The van der Waals surface area contributed by atoms with E-state index in [1.165, 1.54) is 39.0 Å². The molecule has 0 radical (unpaired) electrons. The molecule has 5 aromatic rings. The number of para-hydroxylation sites is 1. The molecule has 1 nitrogen and oxygen atoms in total. The van der Waals surface area contributed by atoms with E-state index in [-0.39, 0.29) is 0 Å². The Labute approximate surface area is 159 Å². The van der Waals surface area contributed by atoms with Gasteiger partial charge in [0.1, 0.15) is 0 Å². The lowest BCUT2D eigenvalue weighted by Gasteiger charge is -2.15. The molecule has 0 unspecified atom stereocenters. The smallest absolute Gasteiger partial charge is 0.0541 e. The van der Waals surface area contributed by atoms with Crippen LogP contribution >= 0.6 is 0 Å². The molecule has 0 saturated carbocycles. The molecule has 0 saturated heterocycles. The molecule has 0 aliphatic carbocycles. The van der Waals surface area contributed by atoms with Gasteiger partial charge in [-0.25, -0.2) is 0 Å². The van der Waals surface area contributed by atoms with E-state index in [0.717, 1.165) is 0 Å². The van der Waals surface area contributed by atoms with Crippen LogP contribution in [0.1, 0.15) is 0 Å². The highest BCUT2D eigenvalue weighted by molar-refractivity contribution is 5.96. The predicted molar refractivity (Wildman–Crippen MR) is 114 cm³/mol. The van der Waals surface area contributed by atoms with Crippen LogP contribution < -0.4 is 0 Å². The fraction of sp³-hybridized carbons (Fsp3) is 0. The van der Waals surface area contributed by atoms with Crippen LogP contribution in [0.3, 0.4) is 0 Å². The molecule has 0 atom stereocenters. The molecule has 0 N–H and O–H groups in total. The molecule has 1 heteroatoms. The van der Waals surface area contributed by atoms with Crippen molar-refractivity contribution in [1.82, 2.24) is 4.57 Å². The van der Waals surface area contributed by atoms with Crippen LogP contribution in [0.25, 0.3) is 39.0 Å². The molecule has 5 rings (SSSR count). The van der Waals surface area contributed by atoms with E-state index in [9.17, 15) is 0 Å². The Hall–Kier alpha value is -3.58. The van der Waals surface area contributed by atoms with Crippen molar-refractivity contribution in [3.63, 3.8) is 0 Å². The maximum absolute atomic E-state index is 2.36. The lowest BCUT2D eigenvalue weighted by molar-refractivity contribution is 1.10. The molecule has 0 amide bonds. The van der Waals surface area contributed by atoms with Crippen LogP contribution in [-0.4, -0.2) is 4.57 Å². The second-order valence-corrected chi connectivity index (χ2v) is 6.67. The zero-order chi connectivity index (χ0) is 18.1. The normalized spacial score (nSPS) is 11.0. The quantitative estimate of drug-likeness (QED) is 0.333. The second-order valence-electron chi connectivity index (χ2n) is 6.67. The van der Waals surface area contributed by atoms with Crippen LogP contribution in [0.5, 0.6) is 0 Å². The van der Waals surface area contributed by atoms with E-state index in [0.29, 0.717) is 0 Å². The van der Waals surface area contributed by atoms with E-state index in [4.69, 9.17) is 0 Å². The zero-order valence-electron chi connectivity index (χ0n) is 14.9. The summed E-state index contributed by atoms with van der Waals surface area (Å²) in [5.74, 6) is 0. The van der Waals surface area contributed by atoms with Gasteiger partial charge in [-0.3, -0.25) is 0 Å². The van der Waals surface area contributed by atoms with Crippen LogP contribution in [0, 0.1) is 0 Å². The van der Waals surface area contributed by atoms with Crippen molar-refractivity contribution in [2.45, 2.75) is 0 Å². The van der Waals surface area contributed by atoms with Gasteiger partial charge in [0, 0.05) is 11.3 Å². The van der Waals surface area contributed by atoms with E-state index < -0.39 is 0 Å². The Bertz CT molecular complexity index is 1200. The Kier molecular flexibility index (Phi) is 3.84. The van der Waals surface area contributed by atoms with E-state index in [2.05, 4.69) is 120 Å². The Morgan fingerprint density at radius 2 is 1.07 bits per heavy atom. The number of hydrogen-bond acceptors (Lipinski definition) is 0. The van der Waals surface area contributed by atoms with Gasteiger partial charge < -0.3 is 4.57 Å². The highest BCUT2D eigenvalue weighted by Crippen LogP contribution is 2.35. The lowest BCUT2D eigenvalue weighted by Crippen LogP contribution is -1.99. The van der Waals surface area contributed by atoms with Crippen molar-refractivity contribution in [3.8, 4) is 28.2 Å². The number of rotatable bonds is 3. The minimum Gasteiger partial charge on any atom is -0.309 e. The van der Waals surface area contributed by atoms with Gasteiger partial charge in [-0.1, -0.05) is 91.0 Å². The molecular formula is C26H19N. The van der Waals surface area contributed by atoms with Crippen molar-refractivity contribution < 1.29 is 0 Å². The van der Waals surface area contributed by atoms with Crippen molar-refractivity contribution in [3.05, 3.63) is 115 Å². The first-order chi connectivity index (χ1) is 13.4. The molecule has 4 aromatic carbocycles. The van der Waals surface area contributed by atoms with Gasteiger partial charge in [0.15, 0.2) is 0 Å². The summed E-state index contributed by atoms with van der Waals surface area (Å²) in [6.07, 6.45) is 0. The Morgan fingerprint density at radius 3 is 1.89 bits per heavy atom. The predicted octanol–water partition coefficient (Wildman–Crippen LogP) is 6.96. The van der Waals surface area contributed by atoms with Gasteiger partial charge in [0.25, 0.3) is 0 Å². The first-order valence-corrected chi connectivity index (χ1v) is 9.22. The number of aromatic nitrogens is 1. The fourth-order valence-corrected chi connectivity index (χ4v) is 3.79. The lowest BCUT2D eigenvalue weighted by atomic mass is 10.0. The molecule has 0 bridgehead atoms. The summed E-state index contributed by atoms with van der Waals surface area (Å²) in [6, 6.07) is 40.7. The topological polar surface area (TPSA) is 4.93 Å². The van der Waals surface area contributed by atoms with Crippen molar-refractivity contribution in [1.29, 1.82) is 0 Å². The van der Waals surface area contributed by atoms with Gasteiger partial charge in [-0.05, 0) is 40.6 Å². The van der Waals surface area contributed by atoms with Crippen LogP contribution in [0.15, 0.2) is 115 Å². The third-order valence-corrected chi connectivity index (χ3v) is 5.03. The summed E-state index contributed by atoms with van der Waals surface area (Å²) >= 11 is 0. The average Bonchev–Trinajstić information content (AvgIpc) is 3.19. The highest BCUT2D eigenvalue weighted by Gasteiger charge is 2.14.